The van der Waals surface area contributed by atoms with E-state index >= 15 is 0 Å². The molecule has 0 heterocycles. The fourth-order valence-corrected chi connectivity index (χ4v) is 0.784. The Hall–Kier alpha value is -0.0500. The summed E-state index contributed by atoms with van der Waals surface area (Å²) in [6, 6.07) is 0. The normalized spacial score (nSPS) is 13.1. The summed E-state index contributed by atoms with van der Waals surface area (Å²) in [6.45, 7) is 6.71. The fourth-order valence-electron chi connectivity index (χ4n) is 0.652. The number of alkyl halides is 1. The van der Waals surface area contributed by atoms with Gasteiger partial charge in [0.2, 0.25) is 0 Å². The highest BCUT2D eigenvalue weighted by Gasteiger charge is 2.13. The third-order valence-electron chi connectivity index (χ3n) is 1.55. The number of carbonyl (C=O) groups is 1. The number of esters is 1. The van der Waals surface area contributed by atoms with Gasteiger partial charge in [-0.1, -0.05) is 36.7 Å². The smallest absolute Gasteiger partial charge is 0.319 e. The van der Waals surface area contributed by atoms with Gasteiger partial charge in [0.05, 0.1) is 6.61 Å². The second-order valence-electron chi connectivity index (χ2n) is 3.23. The molecule has 0 aromatic heterocycles. The average molecular weight is 237 g/mol. The van der Waals surface area contributed by atoms with E-state index in [0.29, 0.717) is 12.5 Å². The Morgan fingerprint density at radius 1 is 1.50 bits per heavy atom. The molecule has 0 amide bonds. The van der Waals surface area contributed by atoms with E-state index in [1.807, 2.05) is 6.92 Å². The van der Waals surface area contributed by atoms with Crippen molar-refractivity contribution in [2.24, 2.45) is 5.92 Å². The molecule has 3 heteroatoms. The molecular weight excluding hydrogens is 220 g/mol. The number of carbonyl (C=O) groups excluding carboxylic acids is 1. The lowest BCUT2D eigenvalue weighted by Gasteiger charge is -2.08. The first kappa shape index (κ1) is 11.9. The van der Waals surface area contributed by atoms with Crippen LogP contribution < -0.4 is 0 Å². The molecule has 0 bridgehead atoms. The van der Waals surface area contributed by atoms with Crippen LogP contribution in [0.25, 0.3) is 0 Å². The zero-order chi connectivity index (χ0) is 9.56. The first-order valence-corrected chi connectivity index (χ1v) is 5.30. The van der Waals surface area contributed by atoms with Gasteiger partial charge in [0.15, 0.2) is 0 Å². The van der Waals surface area contributed by atoms with Crippen LogP contribution in [0.4, 0.5) is 0 Å². The van der Waals surface area contributed by atoms with Crippen LogP contribution in [-0.4, -0.2) is 17.4 Å². The van der Waals surface area contributed by atoms with Crippen LogP contribution in [0.3, 0.4) is 0 Å². The largest absolute Gasteiger partial charge is 0.465 e. The van der Waals surface area contributed by atoms with Crippen molar-refractivity contribution in [3.8, 4) is 0 Å². The van der Waals surface area contributed by atoms with Gasteiger partial charge in [0.25, 0.3) is 0 Å². The van der Waals surface area contributed by atoms with E-state index in [2.05, 4.69) is 29.8 Å². The first-order chi connectivity index (χ1) is 5.57. The maximum absolute atomic E-state index is 11.1. The van der Waals surface area contributed by atoms with Crippen molar-refractivity contribution in [1.82, 2.24) is 0 Å². The molecular formula is C9H17BrO2. The van der Waals surface area contributed by atoms with Crippen LogP contribution in [-0.2, 0) is 9.53 Å². The lowest BCUT2D eigenvalue weighted by Crippen LogP contribution is -2.17. The molecule has 0 radical (unpaired) electrons. The predicted octanol–water partition coefficient (Wildman–Crippen LogP) is 2.75. The van der Waals surface area contributed by atoms with Gasteiger partial charge in [-0.2, -0.15) is 0 Å². The Labute approximate surface area is 82.8 Å². The van der Waals surface area contributed by atoms with Crippen molar-refractivity contribution >= 4 is 21.9 Å². The second-order valence-corrected chi connectivity index (χ2v) is 4.33. The van der Waals surface area contributed by atoms with Crippen LogP contribution in [0.2, 0.25) is 0 Å². The summed E-state index contributed by atoms with van der Waals surface area (Å²) in [5, 5.41) is 0. The van der Waals surface area contributed by atoms with Crippen LogP contribution in [0.1, 0.15) is 33.6 Å². The predicted molar refractivity (Wildman–Crippen MR) is 53.4 cm³/mol. The molecule has 2 nitrogen and oxygen atoms in total. The van der Waals surface area contributed by atoms with E-state index in [1.165, 1.54) is 0 Å². The molecule has 1 atom stereocenters. The Bertz CT molecular complexity index is 134. The van der Waals surface area contributed by atoms with E-state index < -0.39 is 0 Å². The van der Waals surface area contributed by atoms with Crippen LogP contribution in [0.5, 0.6) is 0 Å². The standard InChI is InChI=1S/C9H17BrO2/c1-4-8(10)9(11)12-6-5-7(2)3/h7-8H,4-6H2,1-3H3. The number of hydrogen-bond acceptors (Lipinski definition) is 2. The van der Waals surface area contributed by atoms with Gasteiger partial charge in [0, 0.05) is 0 Å². The van der Waals surface area contributed by atoms with Gasteiger partial charge >= 0.3 is 5.97 Å². The second kappa shape index (κ2) is 6.46. The third-order valence-corrected chi connectivity index (χ3v) is 2.58. The molecule has 0 spiro atoms. The molecule has 0 N–H and O–H groups in total. The van der Waals surface area contributed by atoms with Gasteiger partial charge in [-0.15, -0.1) is 0 Å². The van der Waals surface area contributed by atoms with E-state index in [9.17, 15) is 4.79 Å². The maximum atomic E-state index is 11.1. The summed E-state index contributed by atoms with van der Waals surface area (Å²) in [6.07, 6.45) is 1.72. The molecule has 0 aromatic rings. The summed E-state index contributed by atoms with van der Waals surface area (Å²) in [5.74, 6) is 0.450. The summed E-state index contributed by atoms with van der Waals surface area (Å²) in [4.78, 5) is 11.0. The average Bonchev–Trinajstić information content (AvgIpc) is 2.02. The Morgan fingerprint density at radius 3 is 2.50 bits per heavy atom. The molecule has 1 unspecified atom stereocenters. The van der Waals surface area contributed by atoms with Gasteiger partial charge < -0.3 is 4.74 Å². The first-order valence-electron chi connectivity index (χ1n) is 4.38. The number of ether oxygens (including phenoxy) is 1. The fraction of sp³-hybridized carbons (Fsp3) is 0.889. The minimum atomic E-state index is -0.141. The zero-order valence-electron chi connectivity index (χ0n) is 7.97. The highest BCUT2D eigenvalue weighted by atomic mass is 79.9. The number of halogens is 1. The van der Waals surface area contributed by atoms with Crippen LogP contribution in [0, 0.1) is 5.92 Å². The van der Waals surface area contributed by atoms with E-state index in [0.717, 1.165) is 12.8 Å². The number of hydrogen-bond donors (Lipinski definition) is 0. The van der Waals surface area contributed by atoms with Gasteiger partial charge in [0.1, 0.15) is 4.83 Å². The van der Waals surface area contributed by atoms with E-state index in [-0.39, 0.29) is 10.8 Å². The lowest BCUT2D eigenvalue weighted by molar-refractivity contribution is -0.143. The summed E-state index contributed by atoms with van der Waals surface area (Å²) >= 11 is 3.23. The molecule has 0 aliphatic rings. The molecule has 0 rings (SSSR count). The SMILES string of the molecule is CCC(Br)C(=O)OCCC(C)C. The van der Waals surface area contributed by atoms with Crippen molar-refractivity contribution in [1.29, 1.82) is 0 Å². The van der Waals surface area contributed by atoms with Gasteiger partial charge in [-0.05, 0) is 18.8 Å². The molecule has 72 valence electrons. The highest BCUT2D eigenvalue weighted by Crippen LogP contribution is 2.07. The third kappa shape index (κ3) is 5.58. The van der Waals surface area contributed by atoms with E-state index in [1.54, 1.807) is 0 Å². The topological polar surface area (TPSA) is 26.3 Å². The van der Waals surface area contributed by atoms with Crippen molar-refractivity contribution < 1.29 is 9.53 Å². The Balaban J connectivity index is 3.44. The summed E-state index contributed by atoms with van der Waals surface area (Å²) in [5.41, 5.74) is 0. The molecule has 0 saturated heterocycles. The summed E-state index contributed by atoms with van der Waals surface area (Å²) < 4.78 is 5.02. The van der Waals surface area contributed by atoms with E-state index in [4.69, 9.17) is 4.74 Å². The zero-order valence-corrected chi connectivity index (χ0v) is 9.56. The molecule has 0 aromatic carbocycles. The minimum Gasteiger partial charge on any atom is -0.465 e. The van der Waals surface area contributed by atoms with Crippen molar-refractivity contribution in [2.75, 3.05) is 6.61 Å². The maximum Gasteiger partial charge on any atom is 0.319 e. The minimum absolute atomic E-state index is 0.135. The van der Waals surface area contributed by atoms with Crippen molar-refractivity contribution in [3.05, 3.63) is 0 Å². The highest BCUT2D eigenvalue weighted by molar-refractivity contribution is 9.10. The van der Waals surface area contributed by atoms with Gasteiger partial charge in [-0.25, -0.2) is 0 Å². The van der Waals surface area contributed by atoms with Crippen molar-refractivity contribution in [2.45, 2.75) is 38.4 Å². The molecule has 0 aliphatic heterocycles. The Kier molecular flexibility index (Phi) is 6.44. The molecule has 0 aliphatic carbocycles. The molecule has 12 heavy (non-hydrogen) atoms. The van der Waals surface area contributed by atoms with Gasteiger partial charge in [-0.3, -0.25) is 4.79 Å². The quantitative estimate of drug-likeness (QED) is 0.542. The molecule has 0 fully saturated rings. The lowest BCUT2D eigenvalue weighted by atomic mass is 10.1. The number of rotatable bonds is 5. The van der Waals surface area contributed by atoms with Crippen molar-refractivity contribution in [3.63, 3.8) is 0 Å². The van der Waals surface area contributed by atoms with Crippen LogP contribution in [0.15, 0.2) is 0 Å². The Morgan fingerprint density at radius 2 is 2.08 bits per heavy atom. The van der Waals surface area contributed by atoms with Crippen LogP contribution >= 0.6 is 15.9 Å². The molecule has 0 saturated carbocycles. The monoisotopic (exact) mass is 236 g/mol. The summed E-state index contributed by atoms with van der Waals surface area (Å²) in [7, 11) is 0.